The Hall–Kier alpha value is -2.14. The number of nitrogens with one attached hydrogen (secondary N) is 2. The van der Waals surface area contributed by atoms with E-state index >= 15 is 0 Å². The van der Waals surface area contributed by atoms with Gasteiger partial charge >= 0.3 is 0 Å². The van der Waals surface area contributed by atoms with Crippen LogP contribution in [-0.4, -0.2) is 15.9 Å². The predicted octanol–water partition coefficient (Wildman–Crippen LogP) is 2.55. The van der Waals surface area contributed by atoms with Crippen molar-refractivity contribution in [2.45, 2.75) is 6.54 Å². The van der Waals surface area contributed by atoms with E-state index in [-0.39, 0.29) is 5.91 Å². The minimum Gasteiger partial charge on any atom is -0.360 e. The molecule has 3 rings (SSSR count). The Morgan fingerprint density at radius 1 is 1.39 bits per heavy atom. The van der Waals surface area contributed by atoms with Crippen molar-refractivity contribution < 1.29 is 4.79 Å². The summed E-state index contributed by atoms with van der Waals surface area (Å²) in [6, 6.07) is 7.75. The summed E-state index contributed by atoms with van der Waals surface area (Å²) >= 11 is 1.52. The first kappa shape index (κ1) is 11.0. The van der Waals surface area contributed by atoms with E-state index in [9.17, 15) is 4.79 Å². The number of para-hydroxylation sites is 1. The highest BCUT2D eigenvalue weighted by atomic mass is 32.1. The summed E-state index contributed by atoms with van der Waals surface area (Å²) in [5.41, 5.74) is 4.28. The van der Waals surface area contributed by atoms with Crippen LogP contribution in [0.1, 0.15) is 16.1 Å². The molecule has 2 N–H and O–H groups in total. The monoisotopic (exact) mass is 257 g/mol. The average molecular weight is 257 g/mol. The second-order valence-electron chi connectivity index (χ2n) is 3.91. The molecule has 0 saturated carbocycles. The molecule has 2 heterocycles. The van der Waals surface area contributed by atoms with Gasteiger partial charge < -0.3 is 10.3 Å². The molecule has 1 aromatic carbocycles. The van der Waals surface area contributed by atoms with E-state index in [4.69, 9.17) is 0 Å². The van der Waals surface area contributed by atoms with Gasteiger partial charge in [0, 0.05) is 22.5 Å². The molecule has 0 aliphatic rings. The quantitative estimate of drug-likeness (QED) is 0.757. The van der Waals surface area contributed by atoms with E-state index in [1.807, 2.05) is 29.6 Å². The minimum atomic E-state index is -0.0829. The van der Waals surface area contributed by atoms with Crippen molar-refractivity contribution in [1.29, 1.82) is 0 Å². The molecule has 0 fully saturated rings. The maximum atomic E-state index is 12.1. The molecule has 18 heavy (non-hydrogen) atoms. The molecule has 4 nitrogen and oxygen atoms in total. The molecule has 0 spiro atoms. The molecular weight excluding hydrogens is 246 g/mol. The second-order valence-corrected chi connectivity index (χ2v) is 4.63. The zero-order valence-corrected chi connectivity index (χ0v) is 10.3. The van der Waals surface area contributed by atoms with Crippen molar-refractivity contribution in [2.75, 3.05) is 0 Å². The van der Waals surface area contributed by atoms with Crippen LogP contribution < -0.4 is 5.32 Å². The molecule has 0 aliphatic carbocycles. The number of hydrogen-bond acceptors (Lipinski definition) is 3. The number of aromatic amines is 1. The van der Waals surface area contributed by atoms with Crippen LogP contribution >= 0.6 is 11.3 Å². The third kappa shape index (κ3) is 2.00. The maximum Gasteiger partial charge on any atom is 0.253 e. The summed E-state index contributed by atoms with van der Waals surface area (Å²) in [6.07, 6.45) is 1.74. The van der Waals surface area contributed by atoms with Crippen LogP contribution in [0.4, 0.5) is 0 Å². The van der Waals surface area contributed by atoms with Crippen LogP contribution in [0.2, 0.25) is 0 Å². The lowest BCUT2D eigenvalue weighted by atomic mass is 10.1. The Morgan fingerprint density at radius 3 is 3.11 bits per heavy atom. The van der Waals surface area contributed by atoms with Gasteiger partial charge in [-0.1, -0.05) is 18.2 Å². The first-order valence-corrected chi connectivity index (χ1v) is 6.50. The Bertz CT molecular complexity index is 672. The minimum absolute atomic E-state index is 0.0829. The van der Waals surface area contributed by atoms with Gasteiger partial charge in [-0.2, -0.15) is 0 Å². The summed E-state index contributed by atoms with van der Waals surface area (Å²) in [7, 11) is 0. The molecule has 2 aromatic heterocycles. The molecule has 0 unspecified atom stereocenters. The van der Waals surface area contributed by atoms with Crippen molar-refractivity contribution in [3.8, 4) is 0 Å². The van der Waals surface area contributed by atoms with Crippen molar-refractivity contribution in [3.05, 3.63) is 52.6 Å². The summed E-state index contributed by atoms with van der Waals surface area (Å²) in [4.78, 5) is 19.3. The number of rotatable bonds is 3. The van der Waals surface area contributed by atoms with Gasteiger partial charge in [-0.05, 0) is 6.07 Å². The Kier molecular flexibility index (Phi) is 2.82. The van der Waals surface area contributed by atoms with E-state index in [1.165, 1.54) is 11.3 Å². The fourth-order valence-corrected chi connectivity index (χ4v) is 2.41. The van der Waals surface area contributed by atoms with E-state index in [0.717, 1.165) is 16.6 Å². The van der Waals surface area contributed by atoms with Crippen LogP contribution in [0.5, 0.6) is 0 Å². The molecule has 1 amide bonds. The third-order valence-electron chi connectivity index (χ3n) is 2.75. The van der Waals surface area contributed by atoms with Crippen molar-refractivity contribution in [1.82, 2.24) is 15.3 Å². The molecule has 0 aliphatic heterocycles. The highest BCUT2D eigenvalue weighted by Crippen LogP contribution is 2.17. The van der Waals surface area contributed by atoms with Gasteiger partial charge in [-0.15, -0.1) is 11.3 Å². The van der Waals surface area contributed by atoms with Crippen LogP contribution in [0.15, 0.2) is 41.4 Å². The summed E-state index contributed by atoms with van der Waals surface area (Å²) in [5.74, 6) is -0.0829. The van der Waals surface area contributed by atoms with Crippen LogP contribution in [0, 0.1) is 0 Å². The Balaban J connectivity index is 1.80. The zero-order valence-electron chi connectivity index (χ0n) is 9.51. The molecule has 0 radical (unpaired) electrons. The van der Waals surface area contributed by atoms with Gasteiger partial charge in [0.05, 0.1) is 23.3 Å². The van der Waals surface area contributed by atoms with Crippen molar-refractivity contribution in [2.24, 2.45) is 0 Å². The number of aromatic nitrogens is 2. The summed E-state index contributed by atoms with van der Waals surface area (Å²) in [5, 5.41) is 5.73. The normalized spacial score (nSPS) is 10.7. The fraction of sp³-hybridized carbons (Fsp3) is 0.0769. The van der Waals surface area contributed by atoms with Crippen LogP contribution in [-0.2, 0) is 6.54 Å². The van der Waals surface area contributed by atoms with Gasteiger partial charge in [0.15, 0.2) is 0 Å². The number of thiazole rings is 1. The topological polar surface area (TPSA) is 57.8 Å². The Labute approximate surface area is 108 Å². The van der Waals surface area contributed by atoms with Gasteiger partial charge in [-0.3, -0.25) is 4.79 Å². The number of carbonyl (C=O) groups is 1. The number of hydrogen-bond donors (Lipinski definition) is 2. The van der Waals surface area contributed by atoms with Crippen LogP contribution in [0.3, 0.4) is 0 Å². The number of fused-ring (bicyclic) bond motifs is 1. The van der Waals surface area contributed by atoms with Gasteiger partial charge in [0.2, 0.25) is 0 Å². The Morgan fingerprint density at radius 2 is 2.28 bits per heavy atom. The zero-order chi connectivity index (χ0) is 12.4. The van der Waals surface area contributed by atoms with Gasteiger partial charge in [-0.25, -0.2) is 4.98 Å². The molecule has 0 atom stereocenters. The lowest BCUT2D eigenvalue weighted by Gasteiger charge is -2.01. The highest BCUT2D eigenvalue weighted by molar-refractivity contribution is 7.07. The lowest BCUT2D eigenvalue weighted by molar-refractivity contribution is 0.0952. The SMILES string of the molecule is O=C(NCc1cscn1)c1c[nH]c2ccccc12. The first-order valence-electron chi connectivity index (χ1n) is 5.56. The number of carbonyl (C=O) groups excluding carboxylic acids is 1. The predicted molar refractivity (Wildman–Crippen MR) is 71.6 cm³/mol. The largest absolute Gasteiger partial charge is 0.360 e. The number of benzene rings is 1. The van der Waals surface area contributed by atoms with Gasteiger partial charge in [0.1, 0.15) is 0 Å². The molecule has 0 bridgehead atoms. The van der Waals surface area contributed by atoms with Gasteiger partial charge in [0.25, 0.3) is 5.91 Å². The number of H-pyrrole nitrogens is 1. The van der Waals surface area contributed by atoms with Crippen molar-refractivity contribution >= 4 is 28.1 Å². The number of amides is 1. The number of nitrogens with zero attached hydrogens (tertiary/aromatic N) is 1. The molecule has 5 heteroatoms. The maximum absolute atomic E-state index is 12.1. The summed E-state index contributed by atoms with van der Waals surface area (Å²) in [6.45, 7) is 0.460. The fourth-order valence-electron chi connectivity index (χ4n) is 1.85. The molecule has 90 valence electrons. The first-order chi connectivity index (χ1) is 8.84. The standard InChI is InChI=1S/C13H11N3OS/c17-13(15-5-9-7-18-8-16-9)11-6-14-12-4-2-1-3-10(11)12/h1-4,6-8,14H,5H2,(H,15,17). The molecule has 3 aromatic rings. The van der Waals surface area contributed by atoms with E-state index in [1.54, 1.807) is 11.7 Å². The lowest BCUT2D eigenvalue weighted by Crippen LogP contribution is -2.22. The van der Waals surface area contributed by atoms with E-state index < -0.39 is 0 Å². The second kappa shape index (κ2) is 4.62. The summed E-state index contributed by atoms with van der Waals surface area (Å²) < 4.78 is 0. The average Bonchev–Trinajstić information content (AvgIpc) is 3.05. The smallest absolute Gasteiger partial charge is 0.253 e. The highest BCUT2D eigenvalue weighted by Gasteiger charge is 2.11. The van der Waals surface area contributed by atoms with Crippen molar-refractivity contribution in [3.63, 3.8) is 0 Å². The van der Waals surface area contributed by atoms with Crippen LogP contribution in [0.25, 0.3) is 10.9 Å². The molecule has 0 saturated heterocycles. The molecular formula is C13H11N3OS. The van der Waals surface area contributed by atoms with E-state index in [2.05, 4.69) is 15.3 Å². The third-order valence-corrected chi connectivity index (χ3v) is 3.38. The van der Waals surface area contributed by atoms with E-state index in [0.29, 0.717) is 12.1 Å².